The molecule has 9 nitrogen and oxygen atoms in total. The van der Waals surface area contributed by atoms with Crippen LogP contribution in [0.1, 0.15) is 22.0 Å². The second kappa shape index (κ2) is 9.29. The number of imide groups is 1. The van der Waals surface area contributed by atoms with Crippen molar-refractivity contribution in [2.24, 2.45) is 5.92 Å². The molecule has 2 saturated heterocycles. The average Bonchev–Trinajstić information content (AvgIpc) is 3.39. The Kier molecular flexibility index (Phi) is 6.15. The van der Waals surface area contributed by atoms with Crippen molar-refractivity contribution in [3.8, 4) is 11.5 Å². The van der Waals surface area contributed by atoms with E-state index in [9.17, 15) is 19.5 Å². The van der Waals surface area contributed by atoms with Gasteiger partial charge in [-0.1, -0.05) is 40.2 Å². The van der Waals surface area contributed by atoms with Gasteiger partial charge in [0.25, 0.3) is 5.91 Å². The number of para-hydroxylation sites is 1. The Morgan fingerprint density at radius 2 is 1.61 bits per heavy atom. The first kappa shape index (κ1) is 23.8. The third kappa shape index (κ3) is 3.69. The molecule has 1 N–H and O–H groups in total. The lowest BCUT2D eigenvalue weighted by atomic mass is 9.87. The summed E-state index contributed by atoms with van der Waals surface area (Å²) in [5.74, 6) is -3.03. The van der Waals surface area contributed by atoms with E-state index < -0.39 is 35.8 Å². The van der Waals surface area contributed by atoms with Gasteiger partial charge in [-0.15, -0.1) is 0 Å². The molecule has 2 fully saturated rings. The van der Waals surface area contributed by atoms with Crippen LogP contribution in [0.15, 0.2) is 71.2 Å². The molecule has 3 atom stereocenters. The smallest absolute Gasteiger partial charge is 0.339 e. The fourth-order valence-electron chi connectivity index (χ4n) is 4.78. The van der Waals surface area contributed by atoms with Crippen LogP contribution in [0, 0.1) is 5.92 Å². The summed E-state index contributed by atoms with van der Waals surface area (Å²) in [5.41, 5.74) is 1.06. The number of anilines is 2. The molecule has 0 aromatic heterocycles. The van der Waals surface area contributed by atoms with Crippen LogP contribution in [-0.4, -0.2) is 43.2 Å². The highest BCUT2D eigenvalue weighted by molar-refractivity contribution is 9.10. The van der Waals surface area contributed by atoms with E-state index >= 15 is 0 Å². The molecular weight excluding hydrogens is 532 g/mol. The number of hydrogen-bond donors (Lipinski definition) is 1. The summed E-state index contributed by atoms with van der Waals surface area (Å²) in [7, 11) is 2.75. The molecule has 0 bridgehead atoms. The Balaban J connectivity index is 1.68. The van der Waals surface area contributed by atoms with Crippen molar-refractivity contribution in [3.05, 3.63) is 82.3 Å². The van der Waals surface area contributed by atoms with Crippen molar-refractivity contribution in [3.63, 3.8) is 0 Å². The third-order valence-electron chi connectivity index (χ3n) is 6.32. The first-order chi connectivity index (χ1) is 17.4. The number of rotatable bonds is 6. The van der Waals surface area contributed by atoms with E-state index in [1.54, 1.807) is 60.7 Å². The van der Waals surface area contributed by atoms with E-state index in [1.807, 2.05) is 6.07 Å². The minimum absolute atomic E-state index is 0.0144. The number of carboxylic acid groups (broad SMARTS) is 1. The molecular formula is C26H21BrN2O7. The van der Waals surface area contributed by atoms with Gasteiger partial charge >= 0.3 is 5.97 Å². The molecule has 3 aromatic rings. The fourth-order valence-corrected chi connectivity index (χ4v) is 5.05. The Labute approximate surface area is 214 Å². The summed E-state index contributed by atoms with van der Waals surface area (Å²) in [6, 6.07) is 17.9. The van der Waals surface area contributed by atoms with Gasteiger partial charge in [0.05, 0.1) is 31.6 Å². The maximum absolute atomic E-state index is 13.8. The van der Waals surface area contributed by atoms with Crippen molar-refractivity contribution in [1.29, 1.82) is 0 Å². The van der Waals surface area contributed by atoms with Gasteiger partial charge < -0.3 is 14.6 Å². The second-order valence-electron chi connectivity index (χ2n) is 8.22. The summed E-state index contributed by atoms with van der Waals surface area (Å²) in [4.78, 5) is 46.9. The van der Waals surface area contributed by atoms with Crippen molar-refractivity contribution in [2.45, 2.75) is 12.1 Å². The maximum atomic E-state index is 13.8. The number of carbonyl (C=O) groups is 3. The molecule has 3 aromatic carbocycles. The van der Waals surface area contributed by atoms with E-state index in [-0.39, 0.29) is 22.6 Å². The van der Waals surface area contributed by atoms with Gasteiger partial charge in [0.2, 0.25) is 5.91 Å². The number of hydroxylamine groups is 1. The molecule has 2 amide bonds. The SMILES string of the molecule is COc1ccc([C@H]2[C@@H]3C(=O)N(c4ccc(Br)cc4)C(=O)[C@H]3ON2c2ccccc2)c(C(=O)O)c1OC. The summed E-state index contributed by atoms with van der Waals surface area (Å²) >= 11 is 3.36. The van der Waals surface area contributed by atoms with Crippen LogP contribution in [0.25, 0.3) is 0 Å². The molecule has 184 valence electrons. The highest BCUT2D eigenvalue weighted by Crippen LogP contribution is 2.50. The zero-order chi connectivity index (χ0) is 25.6. The molecule has 0 spiro atoms. The number of methoxy groups -OCH3 is 2. The first-order valence-electron chi connectivity index (χ1n) is 11.0. The highest BCUT2D eigenvalue weighted by Gasteiger charge is 2.61. The molecule has 5 rings (SSSR count). The van der Waals surface area contributed by atoms with Crippen molar-refractivity contribution < 1.29 is 33.8 Å². The minimum atomic E-state index is -1.27. The second-order valence-corrected chi connectivity index (χ2v) is 9.13. The highest BCUT2D eigenvalue weighted by atomic mass is 79.9. The van der Waals surface area contributed by atoms with Crippen LogP contribution in [-0.2, 0) is 14.4 Å². The molecule has 0 unspecified atom stereocenters. The third-order valence-corrected chi connectivity index (χ3v) is 6.85. The van der Waals surface area contributed by atoms with Crippen LogP contribution in [0.3, 0.4) is 0 Å². The number of nitrogens with zero attached hydrogens (tertiary/aromatic N) is 2. The zero-order valence-electron chi connectivity index (χ0n) is 19.3. The first-order valence-corrected chi connectivity index (χ1v) is 11.8. The van der Waals surface area contributed by atoms with Crippen molar-refractivity contribution >= 4 is 45.1 Å². The standard InChI is InChI=1S/C26H21BrN2O7/c1-34-18-13-12-17(19(26(32)33)22(18)35-2)21-20-23(36-29(21)16-6-4-3-5-7-16)25(31)28(24(20)30)15-10-8-14(27)9-11-15/h3-13,20-21,23H,1-2H3,(H,32,33)/t20-,21-,23-/m0/s1. The quantitative estimate of drug-likeness (QED) is 0.453. The van der Waals surface area contributed by atoms with Crippen LogP contribution in [0.5, 0.6) is 11.5 Å². The molecule has 36 heavy (non-hydrogen) atoms. The maximum Gasteiger partial charge on any atom is 0.339 e. The van der Waals surface area contributed by atoms with Crippen LogP contribution in [0.4, 0.5) is 11.4 Å². The number of carbonyl (C=O) groups excluding carboxylic acids is 2. The lowest BCUT2D eigenvalue weighted by Gasteiger charge is -2.30. The molecule has 2 heterocycles. The minimum Gasteiger partial charge on any atom is -0.493 e. The van der Waals surface area contributed by atoms with Crippen LogP contribution in [0.2, 0.25) is 0 Å². The van der Waals surface area contributed by atoms with Gasteiger partial charge in [0.15, 0.2) is 17.6 Å². The zero-order valence-corrected chi connectivity index (χ0v) is 20.8. The molecule has 10 heteroatoms. The molecule has 2 aliphatic heterocycles. The van der Waals surface area contributed by atoms with Crippen molar-refractivity contribution in [2.75, 3.05) is 24.2 Å². The van der Waals surface area contributed by atoms with Crippen molar-refractivity contribution in [1.82, 2.24) is 0 Å². The van der Waals surface area contributed by atoms with E-state index in [0.717, 1.165) is 9.37 Å². The number of ether oxygens (including phenoxy) is 2. The normalized spacial score (nSPS) is 21.0. The lowest BCUT2D eigenvalue weighted by Crippen LogP contribution is -2.37. The summed E-state index contributed by atoms with van der Waals surface area (Å²) < 4.78 is 11.5. The molecule has 0 radical (unpaired) electrons. The predicted molar refractivity (Wildman–Crippen MR) is 133 cm³/mol. The number of aromatic carboxylic acids is 1. The Bertz CT molecular complexity index is 1350. The number of hydrogen-bond acceptors (Lipinski definition) is 7. The average molecular weight is 553 g/mol. The monoisotopic (exact) mass is 552 g/mol. The summed E-state index contributed by atoms with van der Waals surface area (Å²) in [5, 5.41) is 11.6. The lowest BCUT2D eigenvalue weighted by molar-refractivity contribution is -0.126. The van der Waals surface area contributed by atoms with Gasteiger partial charge in [-0.05, 0) is 48.0 Å². The Morgan fingerprint density at radius 1 is 0.917 bits per heavy atom. The van der Waals surface area contributed by atoms with Crippen LogP contribution >= 0.6 is 15.9 Å². The summed E-state index contributed by atoms with van der Waals surface area (Å²) in [6.45, 7) is 0. The molecule has 0 saturated carbocycles. The van der Waals surface area contributed by atoms with E-state index in [0.29, 0.717) is 11.4 Å². The van der Waals surface area contributed by atoms with Gasteiger partial charge in [-0.3, -0.25) is 14.4 Å². The topological polar surface area (TPSA) is 106 Å². The van der Waals surface area contributed by atoms with E-state index in [2.05, 4.69) is 15.9 Å². The van der Waals surface area contributed by atoms with Gasteiger partial charge in [-0.25, -0.2) is 14.8 Å². The van der Waals surface area contributed by atoms with Gasteiger partial charge in [-0.2, -0.15) is 0 Å². The number of fused-ring (bicyclic) bond motifs is 1. The van der Waals surface area contributed by atoms with E-state index in [4.69, 9.17) is 14.3 Å². The largest absolute Gasteiger partial charge is 0.493 e. The van der Waals surface area contributed by atoms with Gasteiger partial charge in [0.1, 0.15) is 11.5 Å². The number of amides is 2. The Hall–Kier alpha value is -3.89. The van der Waals surface area contributed by atoms with E-state index in [1.165, 1.54) is 19.3 Å². The predicted octanol–water partition coefficient (Wildman–Crippen LogP) is 4.22. The number of carboxylic acids is 1. The summed E-state index contributed by atoms with van der Waals surface area (Å²) in [6.07, 6.45) is -1.14. The number of benzene rings is 3. The number of halogens is 1. The Morgan fingerprint density at radius 3 is 2.22 bits per heavy atom. The van der Waals surface area contributed by atoms with Gasteiger partial charge in [0, 0.05) is 4.47 Å². The van der Waals surface area contributed by atoms with Crippen LogP contribution < -0.4 is 19.4 Å². The fraction of sp³-hybridized carbons (Fsp3) is 0.192. The molecule has 2 aliphatic rings. The molecule has 0 aliphatic carbocycles.